The Hall–Kier alpha value is -2.54. The molecule has 0 aliphatic heterocycles. The van der Waals surface area contributed by atoms with Crippen LogP contribution in [-0.2, 0) is 4.74 Å². The molecule has 3 nitrogen and oxygen atoms in total. The fourth-order valence-electron chi connectivity index (χ4n) is 3.71. The first-order chi connectivity index (χ1) is 16.7. The largest absolute Gasteiger partial charge is 0.398 e. The molecule has 0 aromatic heterocycles. The summed E-state index contributed by atoms with van der Waals surface area (Å²) in [6, 6.07) is 17.9. The fraction of sp³-hybridized carbons (Fsp3) is 0.0769. The van der Waals surface area contributed by atoms with Gasteiger partial charge in [0.15, 0.2) is 0 Å². The monoisotopic (exact) mass is 552 g/mol. The third kappa shape index (κ3) is 5.35. The Balaban J connectivity index is 1.95. The van der Waals surface area contributed by atoms with Gasteiger partial charge in [0.05, 0.1) is 21.4 Å². The molecule has 0 aliphatic carbocycles. The first-order valence-corrected chi connectivity index (χ1v) is 11.8. The van der Waals surface area contributed by atoms with Crippen molar-refractivity contribution in [1.29, 1.82) is 0 Å². The second-order valence-corrected chi connectivity index (χ2v) is 9.36. The summed E-state index contributed by atoms with van der Waals surface area (Å²) in [6.07, 6.45) is -2.25. The van der Waals surface area contributed by atoms with Gasteiger partial charge in [0.2, 0.25) is 0 Å². The molecule has 0 bridgehead atoms. The highest BCUT2D eigenvalue weighted by Gasteiger charge is 2.30. The first-order valence-electron chi connectivity index (χ1n) is 10.3. The van der Waals surface area contributed by atoms with E-state index in [1.807, 2.05) is 0 Å². The molecule has 0 radical (unpaired) electrons. The van der Waals surface area contributed by atoms with E-state index < -0.39 is 23.8 Å². The van der Waals surface area contributed by atoms with Crippen LogP contribution in [-0.4, -0.2) is 0 Å². The molecule has 0 amide bonds. The first kappa shape index (κ1) is 25.5. The molecule has 0 saturated heterocycles. The molecule has 2 unspecified atom stereocenters. The Kier molecular flexibility index (Phi) is 7.74. The van der Waals surface area contributed by atoms with Crippen molar-refractivity contribution in [2.24, 2.45) is 0 Å². The molecule has 0 fully saturated rings. The number of nitrogen functional groups attached to an aromatic ring is 2. The minimum Gasteiger partial charge on any atom is -0.398 e. The van der Waals surface area contributed by atoms with Gasteiger partial charge >= 0.3 is 0 Å². The van der Waals surface area contributed by atoms with E-state index in [2.05, 4.69) is 0 Å². The van der Waals surface area contributed by atoms with Crippen molar-refractivity contribution in [2.45, 2.75) is 12.2 Å². The van der Waals surface area contributed by atoms with Crippen molar-refractivity contribution in [2.75, 3.05) is 11.5 Å². The van der Waals surface area contributed by atoms with E-state index in [0.29, 0.717) is 11.1 Å². The molecule has 2 atom stereocenters. The highest BCUT2D eigenvalue weighted by atomic mass is 35.5. The summed E-state index contributed by atoms with van der Waals surface area (Å²) in [5.41, 5.74) is 13.4. The molecule has 0 spiro atoms. The minimum atomic E-state index is -1.12. The number of anilines is 2. The Morgan fingerprint density at radius 1 is 0.543 bits per heavy atom. The molecular formula is C26H18Cl4F2N2O. The molecular weight excluding hydrogens is 536 g/mol. The lowest BCUT2D eigenvalue weighted by Gasteiger charge is -2.28. The van der Waals surface area contributed by atoms with Crippen LogP contribution in [0.25, 0.3) is 0 Å². The Morgan fingerprint density at radius 3 is 1.29 bits per heavy atom. The number of ether oxygens (including phenoxy) is 1. The van der Waals surface area contributed by atoms with E-state index in [9.17, 15) is 0 Å². The Morgan fingerprint density at radius 2 is 0.914 bits per heavy atom. The number of halogens is 6. The maximum absolute atomic E-state index is 15.0. The van der Waals surface area contributed by atoms with Crippen LogP contribution in [0.1, 0.15) is 34.5 Å². The van der Waals surface area contributed by atoms with E-state index in [-0.39, 0.29) is 42.6 Å². The molecule has 4 rings (SSSR count). The van der Waals surface area contributed by atoms with Crippen LogP contribution in [0.5, 0.6) is 0 Å². The van der Waals surface area contributed by atoms with E-state index in [1.165, 1.54) is 48.5 Å². The maximum Gasteiger partial charge on any atom is 0.129 e. The van der Waals surface area contributed by atoms with E-state index in [0.717, 1.165) is 0 Å². The zero-order chi connectivity index (χ0) is 25.3. The van der Waals surface area contributed by atoms with Crippen LogP contribution in [0.3, 0.4) is 0 Å². The van der Waals surface area contributed by atoms with Crippen LogP contribution in [0.4, 0.5) is 20.2 Å². The predicted molar refractivity (Wildman–Crippen MR) is 139 cm³/mol. The summed E-state index contributed by atoms with van der Waals surface area (Å²) in [4.78, 5) is 0. The van der Waals surface area contributed by atoms with Gasteiger partial charge in [-0.1, -0.05) is 82.8 Å². The van der Waals surface area contributed by atoms with Gasteiger partial charge in [-0.15, -0.1) is 0 Å². The van der Waals surface area contributed by atoms with Gasteiger partial charge in [0, 0.05) is 32.3 Å². The predicted octanol–water partition coefficient (Wildman–Crippen LogP) is 8.64. The van der Waals surface area contributed by atoms with Crippen LogP contribution < -0.4 is 11.5 Å². The zero-order valence-corrected chi connectivity index (χ0v) is 20.9. The second-order valence-electron chi connectivity index (χ2n) is 7.73. The number of rotatable bonds is 6. The summed E-state index contributed by atoms with van der Waals surface area (Å²) < 4.78 is 36.6. The topological polar surface area (TPSA) is 61.3 Å². The van der Waals surface area contributed by atoms with Crippen molar-refractivity contribution in [3.8, 4) is 0 Å². The number of benzene rings is 4. The molecule has 0 heterocycles. The van der Waals surface area contributed by atoms with Gasteiger partial charge in [-0.2, -0.15) is 0 Å². The maximum atomic E-state index is 15.0. The summed E-state index contributed by atoms with van der Waals surface area (Å²) in [5.74, 6) is -1.12. The minimum absolute atomic E-state index is 0.149. The van der Waals surface area contributed by atoms with Crippen molar-refractivity contribution >= 4 is 57.8 Å². The van der Waals surface area contributed by atoms with Crippen molar-refractivity contribution in [3.63, 3.8) is 0 Å². The lowest BCUT2D eigenvalue weighted by Crippen LogP contribution is -2.17. The third-order valence-corrected chi connectivity index (χ3v) is 6.75. The highest BCUT2D eigenvalue weighted by Crippen LogP contribution is 2.44. The summed E-state index contributed by atoms with van der Waals surface area (Å²) in [5, 5.41) is 0.827. The SMILES string of the molecule is Nc1cc(C(OC(c2ccccc2F)c2cc(N)c(Cl)cc2Cl)c2ccccc2F)c(Cl)cc1Cl. The standard InChI is InChI=1S/C26H18Cl4F2N2O/c27-17-11-19(29)23(33)9-15(17)25(13-5-1-3-7-21(13)31)35-26(14-6-2-4-8-22(14)32)16-10-24(34)20(30)12-18(16)28/h1-12,25-26H,33-34H2. The quantitative estimate of drug-likeness (QED) is 0.235. The normalized spacial score (nSPS) is 13.0. The number of hydrogen-bond acceptors (Lipinski definition) is 3. The van der Waals surface area contributed by atoms with Crippen LogP contribution in [0.15, 0.2) is 72.8 Å². The van der Waals surface area contributed by atoms with Crippen molar-refractivity contribution < 1.29 is 13.5 Å². The highest BCUT2D eigenvalue weighted by molar-refractivity contribution is 6.37. The van der Waals surface area contributed by atoms with E-state index >= 15 is 8.78 Å². The van der Waals surface area contributed by atoms with E-state index in [4.69, 9.17) is 62.6 Å². The third-order valence-electron chi connectivity index (χ3n) is 5.44. The summed E-state index contributed by atoms with van der Waals surface area (Å²) in [6.45, 7) is 0. The molecule has 9 heteroatoms. The molecule has 0 saturated carbocycles. The number of hydrogen-bond donors (Lipinski definition) is 2. The molecule has 4 N–H and O–H groups in total. The van der Waals surface area contributed by atoms with E-state index in [1.54, 1.807) is 24.3 Å². The smallest absolute Gasteiger partial charge is 0.129 e. The van der Waals surface area contributed by atoms with Gasteiger partial charge in [0.25, 0.3) is 0 Å². The molecule has 4 aromatic carbocycles. The summed E-state index contributed by atoms with van der Waals surface area (Å²) in [7, 11) is 0. The number of nitrogens with two attached hydrogens (primary N) is 2. The van der Waals surface area contributed by atoms with Gasteiger partial charge in [-0.05, 0) is 36.4 Å². The van der Waals surface area contributed by atoms with Crippen LogP contribution in [0, 0.1) is 11.6 Å². The molecule has 0 aliphatic rings. The Bertz CT molecular complexity index is 1300. The molecule has 35 heavy (non-hydrogen) atoms. The van der Waals surface area contributed by atoms with Gasteiger partial charge < -0.3 is 16.2 Å². The summed E-state index contributed by atoms with van der Waals surface area (Å²) >= 11 is 25.2. The van der Waals surface area contributed by atoms with Gasteiger partial charge in [-0.3, -0.25) is 0 Å². The zero-order valence-electron chi connectivity index (χ0n) is 17.9. The molecule has 180 valence electrons. The van der Waals surface area contributed by atoms with Crippen molar-refractivity contribution in [3.05, 3.63) is 127 Å². The average Bonchev–Trinajstić information content (AvgIpc) is 2.81. The van der Waals surface area contributed by atoms with Gasteiger partial charge in [-0.25, -0.2) is 8.78 Å². The van der Waals surface area contributed by atoms with Gasteiger partial charge in [0.1, 0.15) is 23.8 Å². The van der Waals surface area contributed by atoms with Crippen LogP contribution in [0.2, 0.25) is 20.1 Å². The fourth-order valence-corrected chi connectivity index (χ4v) is 4.67. The Labute approximate surface area is 221 Å². The average molecular weight is 554 g/mol. The van der Waals surface area contributed by atoms with Crippen molar-refractivity contribution in [1.82, 2.24) is 0 Å². The van der Waals surface area contributed by atoms with Crippen LogP contribution >= 0.6 is 46.4 Å². The lowest BCUT2D eigenvalue weighted by atomic mass is 9.96. The molecule has 4 aromatic rings. The second kappa shape index (κ2) is 10.6. The lowest BCUT2D eigenvalue weighted by molar-refractivity contribution is 0.0272.